The summed E-state index contributed by atoms with van der Waals surface area (Å²) < 4.78 is 7.11. The van der Waals surface area contributed by atoms with E-state index in [-0.39, 0.29) is 16.6 Å². The van der Waals surface area contributed by atoms with Crippen LogP contribution in [-0.4, -0.2) is 14.4 Å². The highest BCUT2D eigenvalue weighted by molar-refractivity contribution is 6.99. The van der Waals surface area contributed by atoms with Gasteiger partial charge >= 0.3 is 0 Å². The summed E-state index contributed by atoms with van der Waals surface area (Å²) in [5.41, 5.74) is -0.273. The van der Waals surface area contributed by atoms with Gasteiger partial charge in [-0.15, -0.1) is 0 Å². The SMILES string of the molecule is CC(C)(C#N)C1CC(O[Si](c2ccccc2)(c2ccccc2)C(C)(C)C)C1. The summed E-state index contributed by atoms with van der Waals surface area (Å²) in [5.74, 6) is 0.422. The molecule has 3 heteroatoms. The van der Waals surface area contributed by atoms with Gasteiger partial charge in [-0.1, -0.05) is 81.4 Å². The Balaban J connectivity index is 2.00. The monoisotopic (exact) mass is 377 g/mol. The number of rotatable bonds is 5. The molecule has 0 radical (unpaired) electrons. The van der Waals surface area contributed by atoms with E-state index in [9.17, 15) is 5.26 Å². The lowest BCUT2D eigenvalue weighted by Gasteiger charge is -2.50. The highest BCUT2D eigenvalue weighted by Gasteiger charge is 2.53. The van der Waals surface area contributed by atoms with Crippen LogP contribution >= 0.6 is 0 Å². The lowest BCUT2D eigenvalue weighted by atomic mass is 9.67. The fourth-order valence-corrected chi connectivity index (χ4v) is 8.99. The molecule has 3 rings (SSSR count). The third-order valence-electron chi connectivity index (χ3n) is 6.16. The molecule has 0 atom stereocenters. The number of hydrogen-bond acceptors (Lipinski definition) is 2. The molecule has 0 heterocycles. The molecule has 0 amide bonds. The van der Waals surface area contributed by atoms with Gasteiger partial charge in [0.2, 0.25) is 0 Å². The van der Waals surface area contributed by atoms with Crippen molar-refractivity contribution in [1.29, 1.82) is 5.26 Å². The van der Waals surface area contributed by atoms with Crippen molar-refractivity contribution in [2.45, 2.75) is 58.6 Å². The van der Waals surface area contributed by atoms with Gasteiger partial charge in [0, 0.05) is 6.10 Å². The maximum atomic E-state index is 9.45. The second kappa shape index (κ2) is 7.26. The molecule has 1 aliphatic carbocycles. The molecular weight excluding hydrogens is 346 g/mol. The fraction of sp³-hybridized carbons (Fsp3) is 0.458. The second-order valence-electron chi connectivity index (χ2n) is 9.40. The molecule has 2 nitrogen and oxygen atoms in total. The maximum Gasteiger partial charge on any atom is 0.261 e. The fourth-order valence-electron chi connectivity index (χ4n) is 4.28. The molecule has 0 aromatic heterocycles. The Morgan fingerprint density at radius 3 is 1.67 bits per heavy atom. The minimum Gasteiger partial charge on any atom is -0.404 e. The second-order valence-corrected chi connectivity index (χ2v) is 13.7. The number of benzene rings is 2. The molecular formula is C24H31NOSi. The predicted molar refractivity (Wildman–Crippen MR) is 115 cm³/mol. The van der Waals surface area contributed by atoms with Crippen molar-refractivity contribution in [3.63, 3.8) is 0 Å². The van der Waals surface area contributed by atoms with Gasteiger partial charge in [0.25, 0.3) is 8.32 Å². The molecule has 1 saturated carbocycles. The molecule has 0 bridgehead atoms. The minimum atomic E-state index is -2.46. The molecule has 2 aromatic carbocycles. The zero-order chi connectivity index (χ0) is 19.7. The van der Waals surface area contributed by atoms with Crippen LogP contribution in [0.2, 0.25) is 5.04 Å². The summed E-state index contributed by atoms with van der Waals surface area (Å²) in [6.07, 6.45) is 2.18. The van der Waals surface area contributed by atoms with Crippen molar-refractivity contribution in [2.75, 3.05) is 0 Å². The number of nitrogens with zero attached hydrogens (tertiary/aromatic N) is 1. The molecule has 0 saturated heterocycles. The topological polar surface area (TPSA) is 33.0 Å². The minimum absolute atomic E-state index is 0.00550. The van der Waals surface area contributed by atoms with Gasteiger partial charge < -0.3 is 4.43 Å². The third kappa shape index (κ3) is 3.61. The lowest BCUT2D eigenvalue weighted by molar-refractivity contribution is 0.0142. The van der Waals surface area contributed by atoms with E-state index in [1.54, 1.807) is 0 Å². The van der Waals surface area contributed by atoms with Crippen LogP contribution in [0.15, 0.2) is 60.7 Å². The van der Waals surface area contributed by atoms with Crippen LogP contribution in [-0.2, 0) is 4.43 Å². The molecule has 0 aliphatic heterocycles. The highest BCUT2D eigenvalue weighted by atomic mass is 28.4. The quantitative estimate of drug-likeness (QED) is 0.695. The predicted octanol–water partition coefficient (Wildman–Crippen LogP) is 4.89. The van der Waals surface area contributed by atoms with Gasteiger partial charge in [0.15, 0.2) is 0 Å². The van der Waals surface area contributed by atoms with Crippen LogP contribution in [0.3, 0.4) is 0 Å². The van der Waals surface area contributed by atoms with Crippen LogP contribution in [0.1, 0.15) is 47.5 Å². The van der Waals surface area contributed by atoms with Gasteiger partial charge in [0.1, 0.15) is 0 Å². The molecule has 0 unspecified atom stereocenters. The molecule has 2 aromatic rings. The molecule has 1 fully saturated rings. The van der Waals surface area contributed by atoms with Gasteiger partial charge in [-0.3, -0.25) is 0 Å². The first-order valence-electron chi connectivity index (χ1n) is 9.91. The van der Waals surface area contributed by atoms with E-state index in [4.69, 9.17) is 4.43 Å². The van der Waals surface area contributed by atoms with Crippen molar-refractivity contribution in [2.24, 2.45) is 11.3 Å². The van der Waals surface area contributed by atoms with Crippen molar-refractivity contribution < 1.29 is 4.43 Å². The Morgan fingerprint density at radius 2 is 1.30 bits per heavy atom. The molecule has 0 spiro atoms. The van der Waals surface area contributed by atoms with E-state index < -0.39 is 8.32 Å². The van der Waals surface area contributed by atoms with E-state index in [1.807, 2.05) is 0 Å². The van der Waals surface area contributed by atoms with Gasteiger partial charge in [-0.2, -0.15) is 5.26 Å². The standard InChI is InChI=1S/C24H31NOSi/c1-23(2,3)27(21-12-8-6-9-13-21,22-14-10-7-11-15-22)26-20-16-19(17-20)24(4,5)18-25/h6-15,19-20H,16-17H2,1-5H3. The van der Waals surface area contributed by atoms with E-state index >= 15 is 0 Å². The summed E-state index contributed by atoms with van der Waals surface area (Å²) >= 11 is 0. The van der Waals surface area contributed by atoms with Gasteiger partial charge in [0.05, 0.1) is 11.5 Å². The summed E-state index contributed by atoms with van der Waals surface area (Å²) in [4.78, 5) is 0. The Bertz CT molecular complexity index is 756. The van der Waals surface area contributed by atoms with E-state index in [0.717, 1.165) is 12.8 Å². The zero-order valence-corrected chi connectivity index (χ0v) is 18.2. The Hall–Kier alpha value is -1.89. The summed E-state index contributed by atoms with van der Waals surface area (Å²) in [7, 11) is -2.46. The van der Waals surface area contributed by atoms with Crippen molar-refractivity contribution in [3.8, 4) is 6.07 Å². The average Bonchev–Trinajstić information content (AvgIpc) is 2.61. The van der Waals surface area contributed by atoms with Crippen LogP contribution in [0, 0.1) is 22.7 Å². The van der Waals surface area contributed by atoms with E-state index in [2.05, 4.69) is 101 Å². The van der Waals surface area contributed by atoms with Gasteiger partial charge in [-0.25, -0.2) is 0 Å². The highest BCUT2D eigenvalue weighted by Crippen LogP contribution is 2.46. The van der Waals surface area contributed by atoms with Crippen LogP contribution in [0.4, 0.5) is 0 Å². The first-order valence-corrected chi connectivity index (χ1v) is 11.8. The summed E-state index contributed by atoms with van der Waals surface area (Å²) in [6.45, 7) is 11.0. The molecule has 0 N–H and O–H groups in total. The Labute approximate surface area is 165 Å². The Kier molecular flexibility index (Phi) is 5.34. The normalized spacial score (nSPS) is 20.6. The first kappa shape index (κ1) is 19.9. The van der Waals surface area contributed by atoms with Crippen LogP contribution in [0.5, 0.6) is 0 Å². The molecule has 27 heavy (non-hydrogen) atoms. The summed E-state index contributed by atoms with van der Waals surface area (Å²) in [6, 6.07) is 24.1. The lowest BCUT2D eigenvalue weighted by Crippen LogP contribution is -2.68. The molecule has 1 aliphatic rings. The summed E-state index contributed by atoms with van der Waals surface area (Å²) in [5, 5.41) is 12.1. The largest absolute Gasteiger partial charge is 0.404 e. The molecule has 142 valence electrons. The van der Waals surface area contributed by atoms with Crippen molar-refractivity contribution in [3.05, 3.63) is 60.7 Å². The van der Waals surface area contributed by atoms with Crippen molar-refractivity contribution in [1.82, 2.24) is 0 Å². The van der Waals surface area contributed by atoms with Crippen LogP contribution < -0.4 is 10.4 Å². The maximum absolute atomic E-state index is 9.45. The van der Waals surface area contributed by atoms with Gasteiger partial charge in [-0.05, 0) is 48.0 Å². The average molecular weight is 378 g/mol. The first-order chi connectivity index (χ1) is 12.7. The third-order valence-corrected chi connectivity index (χ3v) is 11.3. The van der Waals surface area contributed by atoms with Crippen LogP contribution in [0.25, 0.3) is 0 Å². The Morgan fingerprint density at radius 1 is 0.852 bits per heavy atom. The van der Waals surface area contributed by atoms with Crippen molar-refractivity contribution >= 4 is 18.7 Å². The smallest absolute Gasteiger partial charge is 0.261 e. The van der Waals surface area contributed by atoms with E-state index in [1.165, 1.54) is 10.4 Å². The zero-order valence-electron chi connectivity index (χ0n) is 17.2. The number of nitriles is 1. The van der Waals surface area contributed by atoms with E-state index in [0.29, 0.717) is 5.92 Å². The number of hydrogen-bond donors (Lipinski definition) is 0.